The third kappa shape index (κ3) is 2.94. The van der Waals surface area contributed by atoms with Crippen LogP contribution in [0.3, 0.4) is 0 Å². The van der Waals surface area contributed by atoms with Crippen molar-refractivity contribution in [2.24, 2.45) is 11.8 Å². The normalized spacial score (nSPS) is 21.8. The lowest BCUT2D eigenvalue weighted by atomic mass is 10.0. The van der Waals surface area contributed by atoms with Crippen LogP contribution in [0.2, 0.25) is 0 Å². The van der Waals surface area contributed by atoms with Crippen LogP contribution in [-0.2, 0) is 13.0 Å². The zero-order valence-electron chi connectivity index (χ0n) is 12.3. The van der Waals surface area contributed by atoms with Gasteiger partial charge in [0.2, 0.25) is 0 Å². The molecule has 19 heavy (non-hydrogen) atoms. The standard InChI is InChI=1S/C17H25NO/c1-12(13-7-8-13)10-18-11-15-6-4-5-14-9-17(2,3)19-16(14)15/h4-6,12-13,18H,7-11H2,1-3H3. The Balaban J connectivity index is 1.61. The Morgan fingerprint density at radius 3 is 2.89 bits per heavy atom. The summed E-state index contributed by atoms with van der Waals surface area (Å²) in [6.07, 6.45) is 3.89. The van der Waals surface area contributed by atoms with Gasteiger partial charge in [0, 0.05) is 18.5 Å². The first-order valence-corrected chi connectivity index (χ1v) is 7.56. The Hall–Kier alpha value is -1.02. The van der Waals surface area contributed by atoms with E-state index in [0.29, 0.717) is 0 Å². The van der Waals surface area contributed by atoms with Crippen molar-refractivity contribution in [1.29, 1.82) is 0 Å². The van der Waals surface area contributed by atoms with Crippen molar-refractivity contribution in [2.75, 3.05) is 6.54 Å². The monoisotopic (exact) mass is 259 g/mol. The topological polar surface area (TPSA) is 21.3 Å². The Bertz CT molecular complexity index is 462. The molecular formula is C17H25NO. The molecular weight excluding hydrogens is 234 g/mol. The highest BCUT2D eigenvalue weighted by Gasteiger charge is 2.31. The molecule has 0 saturated heterocycles. The van der Waals surface area contributed by atoms with Gasteiger partial charge in [-0.1, -0.05) is 25.1 Å². The summed E-state index contributed by atoms with van der Waals surface area (Å²) in [4.78, 5) is 0. The molecule has 1 unspecified atom stereocenters. The molecule has 1 heterocycles. The van der Waals surface area contributed by atoms with E-state index < -0.39 is 0 Å². The number of benzene rings is 1. The van der Waals surface area contributed by atoms with E-state index in [0.717, 1.165) is 37.1 Å². The minimum Gasteiger partial charge on any atom is -0.487 e. The molecule has 2 nitrogen and oxygen atoms in total. The molecule has 3 rings (SSSR count). The highest BCUT2D eigenvalue weighted by Crippen LogP contribution is 2.38. The second-order valence-electron chi connectivity index (χ2n) is 6.89. The van der Waals surface area contributed by atoms with E-state index in [2.05, 4.69) is 44.3 Å². The van der Waals surface area contributed by atoms with Crippen LogP contribution in [0.4, 0.5) is 0 Å². The van der Waals surface area contributed by atoms with Gasteiger partial charge in [-0.25, -0.2) is 0 Å². The average Bonchev–Trinajstić information content (AvgIpc) is 3.12. The van der Waals surface area contributed by atoms with Crippen LogP contribution < -0.4 is 10.1 Å². The van der Waals surface area contributed by atoms with Gasteiger partial charge in [0.05, 0.1) is 0 Å². The number of nitrogens with one attached hydrogen (secondary N) is 1. The molecule has 1 N–H and O–H groups in total. The van der Waals surface area contributed by atoms with Crippen molar-refractivity contribution in [1.82, 2.24) is 5.32 Å². The second-order valence-corrected chi connectivity index (χ2v) is 6.89. The van der Waals surface area contributed by atoms with Crippen LogP contribution in [0, 0.1) is 11.8 Å². The highest BCUT2D eigenvalue weighted by molar-refractivity contribution is 5.45. The number of ether oxygens (including phenoxy) is 1. The van der Waals surface area contributed by atoms with Crippen molar-refractivity contribution in [3.8, 4) is 5.75 Å². The predicted octanol–water partition coefficient (Wildman–Crippen LogP) is 3.54. The van der Waals surface area contributed by atoms with Crippen molar-refractivity contribution >= 4 is 0 Å². The molecule has 0 bridgehead atoms. The van der Waals surface area contributed by atoms with Gasteiger partial charge in [-0.3, -0.25) is 0 Å². The summed E-state index contributed by atoms with van der Waals surface area (Å²) in [5.41, 5.74) is 2.63. The van der Waals surface area contributed by atoms with E-state index in [-0.39, 0.29) is 5.60 Å². The molecule has 1 aromatic rings. The number of hydrogen-bond acceptors (Lipinski definition) is 2. The first-order valence-electron chi connectivity index (χ1n) is 7.56. The molecule has 1 aliphatic carbocycles. The van der Waals surface area contributed by atoms with E-state index in [9.17, 15) is 0 Å². The fourth-order valence-corrected chi connectivity index (χ4v) is 3.08. The van der Waals surface area contributed by atoms with Crippen LogP contribution >= 0.6 is 0 Å². The third-order valence-electron chi connectivity index (χ3n) is 4.38. The zero-order valence-corrected chi connectivity index (χ0v) is 12.3. The minimum absolute atomic E-state index is 0.0419. The molecule has 104 valence electrons. The molecule has 0 spiro atoms. The molecule has 2 heteroatoms. The van der Waals surface area contributed by atoms with Crippen LogP contribution in [0.5, 0.6) is 5.75 Å². The van der Waals surface area contributed by atoms with Gasteiger partial charge in [0.15, 0.2) is 0 Å². The molecule has 2 aliphatic rings. The van der Waals surface area contributed by atoms with Crippen LogP contribution in [0.15, 0.2) is 18.2 Å². The smallest absolute Gasteiger partial charge is 0.127 e. The highest BCUT2D eigenvalue weighted by atomic mass is 16.5. The maximum absolute atomic E-state index is 6.10. The van der Waals surface area contributed by atoms with Crippen molar-refractivity contribution < 1.29 is 4.74 Å². The maximum atomic E-state index is 6.10. The van der Waals surface area contributed by atoms with E-state index in [1.165, 1.54) is 24.0 Å². The molecule has 1 aliphatic heterocycles. The van der Waals surface area contributed by atoms with Gasteiger partial charge in [0.1, 0.15) is 11.4 Å². The molecule has 1 aromatic carbocycles. The summed E-state index contributed by atoms with van der Waals surface area (Å²) in [6.45, 7) is 8.74. The molecule has 0 radical (unpaired) electrons. The number of para-hydroxylation sites is 1. The lowest BCUT2D eigenvalue weighted by molar-refractivity contribution is 0.137. The summed E-state index contributed by atoms with van der Waals surface area (Å²) in [5, 5.41) is 3.60. The summed E-state index contributed by atoms with van der Waals surface area (Å²) >= 11 is 0. The van der Waals surface area contributed by atoms with Crippen molar-refractivity contribution in [3.05, 3.63) is 29.3 Å². The average molecular weight is 259 g/mol. The number of rotatable bonds is 5. The Kier molecular flexibility index (Phi) is 3.30. The van der Waals surface area contributed by atoms with Gasteiger partial charge >= 0.3 is 0 Å². The Morgan fingerprint density at radius 2 is 2.16 bits per heavy atom. The maximum Gasteiger partial charge on any atom is 0.127 e. The summed E-state index contributed by atoms with van der Waals surface area (Å²) in [5.74, 6) is 2.91. The molecule has 1 atom stereocenters. The second kappa shape index (κ2) is 4.82. The fraction of sp³-hybridized carbons (Fsp3) is 0.647. The first kappa shape index (κ1) is 13.0. The minimum atomic E-state index is -0.0419. The van der Waals surface area contributed by atoms with E-state index in [4.69, 9.17) is 4.74 Å². The Morgan fingerprint density at radius 1 is 1.37 bits per heavy atom. The fourth-order valence-electron chi connectivity index (χ4n) is 3.08. The third-order valence-corrected chi connectivity index (χ3v) is 4.38. The van der Waals surface area contributed by atoms with Gasteiger partial charge < -0.3 is 10.1 Å². The Labute approximate surface area is 116 Å². The van der Waals surface area contributed by atoms with Crippen LogP contribution in [0.25, 0.3) is 0 Å². The van der Waals surface area contributed by atoms with Crippen molar-refractivity contribution in [3.63, 3.8) is 0 Å². The predicted molar refractivity (Wildman–Crippen MR) is 78.4 cm³/mol. The molecule has 0 aromatic heterocycles. The zero-order chi connectivity index (χ0) is 13.5. The van der Waals surface area contributed by atoms with E-state index in [1.54, 1.807) is 0 Å². The van der Waals surface area contributed by atoms with Gasteiger partial charge in [-0.05, 0) is 50.6 Å². The summed E-state index contributed by atoms with van der Waals surface area (Å²) in [6, 6.07) is 6.54. The molecule has 0 amide bonds. The van der Waals surface area contributed by atoms with E-state index in [1.807, 2.05) is 0 Å². The molecule has 1 saturated carbocycles. The number of hydrogen-bond donors (Lipinski definition) is 1. The summed E-state index contributed by atoms with van der Waals surface area (Å²) < 4.78 is 6.10. The molecule has 1 fully saturated rings. The summed E-state index contributed by atoms with van der Waals surface area (Å²) in [7, 11) is 0. The SMILES string of the molecule is CC(CNCc1cccc2c1OC(C)(C)C2)C1CC1. The van der Waals surface area contributed by atoms with Gasteiger partial charge in [-0.15, -0.1) is 0 Å². The van der Waals surface area contributed by atoms with E-state index >= 15 is 0 Å². The largest absolute Gasteiger partial charge is 0.487 e. The number of fused-ring (bicyclic) bond motifs is 1. The lowest BCUT2D eigenvalue weighted by Crippen LogP contribution is -2.25. The first-order chi connectivity index (χ1) is 9.05. The van der Waals surface area contributed by atoms with Crippen LogP contribution in [0.1, 0.15) is 44.7 Å². The van der Waals surface area contributed by atoms with Gasteiger partial charge in [0.25, 0.3) is 0 Å². The van der Waals surface area contributed by atoms with Gasteiger partial charge in [-0.2, -0.15) is 0 Å². The van der Waals surface area contributed by atoms with Crippen LogP contribution in [-0.4, -0.2) is 12.1 Å². The quantitative estimate of drug-likeness (QED) is 0.873. The lowest BCUT2D eigenvalue weighted by Gasteiger charge is -2.18. The van der Waals surface area contributed by atoms with Crippen molar-refractivity contribution in [2.45, 2.75) is 52.2 Å².